The molecule has 1 amide bonds. The van der Waals surface area contributed by atoms with Crippen LogP contribution >= 0.6 is 0 Å². The van der Waals surface area contributed by atoms with E-state index in [4.69, 9.17) is 0 Å². The maximum Gasteiger partial charge on any atom is 0.224 e. The zero-order valence-corrected chi connectivity index (χ0v) is 17.7. The number of para-hydroxylation sites is 2. The molecular weight excluding hydrogens is 398 g/mol. The van der Waals surface area contributed by atoms with Gasteiger partial charge in [0, 0.05) is 35.3 Å². The van der Waals surface area contributed by atoms with Crippen molar-refractivity contribution in [2.24, 2.45) is 0 Å². The van der Waals surface area contributed by atoms with Crippen LogP contribution in [0.3, 0.4) is 0 Å². The number of nitrogens with one attached hydrogen (secondary N) is 2. The summed E-state index contributed by atoms with van der Waals surface area (Å²) >= 11 is 0. The van der Waals surface area contributed by atoms with Gasteiger partial charge in [-0.1, -0.05) is 60.7 Å². The van der Waals surface area contributed by atoms with Gasteiger partial charge in [0.15, 0.2) is 6.29 Å². The number of hydrogen-bond acceptors (Lipinski definition) is 4. The highest BCUT2D eigenvalue weighted by Crippen LogP contribution is 2.22. The molecule has 5 nitrogen and oxygen atoms in total. The van der Waals surface area contributed by atoms with Crippen molar-refractivity contribution in [3.05, 3.63) is 102 Å². The third kappa shape index (κ3) is 5.38. The lowest BCUT2D eigenvalue weighted by Gasteiger charge is -2.21. The number of aldehydes is 1. The Morgan fingerprint density at radius 3 is 2.47 bits per heavy atom. The first-order valence-electron chi connectivity index (χ1n) is 10.7. The van der Waals surface area contributed by atoms with Gasteiger partial charge in [0.25, 0.3) is 0 Å². The highest BCUT2D eigenvalue weighted by Gasteiger charge is 2.15. The van der Waals surface area contributed by atoms with Crippen LogP contribution in [-0.4, -0.2) is 23.2 Å². The first kappa shape index (κ1) is 21.2. The summed E-state index contributed by atoms with van der Waals surface area (Å²) in [7, 11) is 0. The highest BCUT2D eigenvalue weighted by molar-refractivity contribution is 6.00. The Kier molecular flexibility index (Phi) is 6.88. The van der Waals surface area contributed by atoms with Crippen LogP contribution in [0.1, 0.15) is 28.8 Å². The average molecular weight is 424 g/mol. The van der Waals surface area contributed by atoms with Gasteiger partial charge < -0.3 is 10.6 Å². The largest absolute Gasteiger partial charge is 0.381 e. The minimum Gasteiger partial charge on any atom is -0.381 e. The lowest BCUT2D eigenvalue weighted by atomic mass is 10.0. The molecule has 4 aromatic rings. The summed E-state index contributed by atoms with van der Waals surface area (Å²) in [6.45, 7) is 0. The van der Waals surface area contributed by atoms with Crippen molar-refractivity contribution in [3.63, 3.8) is 0 Å². The Hall–Kier alpha value is -3.99. The third-order valence-corrected chi connectivity index (χ3v) is 5.40. The van der Waals surface area contributed by atoms with E-state index in [1.807, 2.05) is 66.7 Å². The van der Waals surface area contributed by atoms with E-state index in [-0.39, 0.29) is 11.9 Å². The molecule has 1 aromatic heterocycles. The Morgan fingerprint density at radius 2 is 1.62 bits per heavy atom. The number of aromatic nitrogens is 1. The molecule has 0 bridgehead atoms. The molecule has 0 fully saturated rings. The van der Waals surface area contributed by atoms with Gasteiger partial charge in [0.05, 0.1) is 11.2 Å². The summed E-state index contributed by atoms with van der Waals surface area (Å²) in [6.07, 6.45) is 4.28. The van der Waals surface area contributed by atoms with Gasteiger partial charge in [-0.05, 0) is 42.7 Å². The van der Waals surface area contributed by atoms with Gasteiger partial charge in [-0.15, -0.1) is 0 Å². The number of benzene rings is 3. The van der Waals surface area contributed by atoms with E-state index in [1.165, 1.54) is 5.56 Å². The molecule has 160 valence electrons. The molecule has 0 aliphatic rings. The molecule has 1 unspecified atom stereocenters. The Bertz CT molecular complexity index is 1200. The van der Waals surface area contributed by atoms with Gasteiger partial charge in [-0.25, -0.2) is 0 Å². The van der Waals surface area contributed by atoms with E-state index in [2.05, 4.69) is 27.8 Å². The monoisotopic (exact) mass is 423 g/mol. The second kappa shape index (κ2) is 10.4. The molecule has 0 radical (unpaired) electrons. The van der Waals surface area contributed by atoms with Crippen molar-refractivity contribution in [2.75, 3.05) is 10.6 Å². The fourth-order valence-electron chi connectivity index (χ4n) is 3.80. The maximum absolute atomic E-state index is 12.8. The Morgan fingerprint density at radius 1 is 0.875 bits per heavy atom. The van der Waals surface area contributed by atoms with Gasteiger partial charge in [0.1, 0.15) is 0 Å². The number of amides is 1. The van der Waals surface area contributed by atoms with E-state index in [0.29, 0.717) is 24.1 Å². The number of fused-ring (bicyclic) bond motifs is 1. The average Bonchev–Trinajstić information content (AvgIpc) is 2.84. The predicted octanol–water partition coefficient (Wildman–Crippen LogP) is 5.49. The molecular formula is C27H25N3O2. The lowest BCUT2D eigenvalue weighted by molar-refractivity contribution is -0.116. The summed E-state index contributed by atoms with van der Waals surface area (Å²) in [4.78, 5) is 28.6. The molecule has 0 saturated heterocycles. The summed E-state index contributed by atoms with van der Waals surface area (Å²) < 4.78 is 0. The van der Waals surface area contributed by atoms with Crippen LogP contribution in [0.15, 0.2) is 91.1 Å². The van der Waals surface area contributed by atoms with Crippen LogP contribution in [-0.2, 0) is 11.2 Å². The number of hydrogen-bond donors (Lipinski definition) is 2. The van der Waals surface area contributed by atoms with Crippen molar-refractivity contribution in [1.82, 2.24) is 4.98 Å². The number of carbonyl (C=O) groups is 2. The molecule has 1 heterocycles. The van der Waals surface area contributed by atoms with Gasteiger partial charge in [-0.3, -0.25) is 14.6 Å². The number of anilines is 2. The Balaban J connectivity index is 1.46. The van der Waals surface area contributed by atoms with Gasteiger partial charge >= 0.3 is 0 Å². The lowest BCUT2D eigenvalue weighted by Crippen LogP contribution is -2.25. The quantitative estimate of drug-likeness (QED) is 0.349. The SMILES string of the molecule is O=Cc1ccccc1NC(CCC(=O)Nc1cccc2cccnc12)Cc1ccccc1. The second-order valence-electron chi connectivity index (χ2n) is 7.70. The van der Waals surface area contributed by atoms with Crippen LogP contribution in [0, 0.1) is 0 Å². The predicted molar refractivity (Wildman–Crippen MR) is 129 cm³/mol. The zero-order valence-electron chi connectivity index (χ0n) is 17.7. The van der Waals surface area contributed by atoms with Crippen molar-refractivity contribution in [2.45, 2.75) is 25.3 Å². The molecule has 0 spiro atoms. The molecule has 32 heavy (non-hydrogen) atoms. The number of pyridine rings is 1. The molecule has 2 N–H and O–H groups in total. The van der Waals surface area contributed by atoms with E-state index in [9.17, 15) is 9.59 Å². The number of nitrogens with zero attached hydrogens (tertiary/aromatic N) is 1. The van der Waals surface area contributed by atoms with E-state index in [0.717, 1.165) is 29.3 Å². The van der Waals surface area contributed by atoms with Crippen LogP contribution in [0.2, 0.25) is 0 Å². The fourth-order valence-corrected chi connectivity index (χ4v) is 3.80. The van der Waals surface area contributed by atoms with Crippen LogP contribution < -0.4 is 10.6 Å². The Labute approximate surface area is 187 Å². The number of carbonyl (C=O) groups excluding carboxylic acids is 2. The standard InChI is InChI=1S/C27H25N3O2/c31-19-22-10-4-5-13-24(22)29-23(18-20-8-2-1-3-9-20)15-16-26(32)30-25-14-6-11-21-12-7-17-28-27(21)25/h1-14,17,19,23,29H,15-16,18H2,(H,30,32). The maximum atomic E-state index is 12.8. The van der Waals surface area contributed by atoms with Crippen molar-refractivity contribution < 1.29 is 9.59 Å². The van der Waals surface area contributed by atoms with E-state index >= 15 is 0 Å². The molecule has 0 saturated carbocycles. The summed E-state index contributed by atoms with van der Waals surface area (Å²) in [5.41, 5.74) is 4.06. The van der Waals surface area contributed by atoms with Crippen molar-refractivity contribution >= 4 is 34.5 Å². The van der Waals surface area contributed by atoms with Crippen LogP contribution in [0.5, 0.6) is 0 Å². The molecule has 1 atom stereocenters. The fraction of sp³-hybridized carbons (Fsp3) is 0.148. The van der Waals surface area contributed by atoms with Crippen LogP contribution in [0.25, 0.3) is 10.9 Å². The van der Waals surface area contributed by atoms with E-state index in [1.54, 1.807) is 12.3 Å². The highest BCUT2D eigenvalue weighted by atomic mass is 16.1. The van der Waals surface area contributed by atoms with Crippen LogP contribution in [0.4, 0.5) is 11.4 Å². The number of rotatable bonds is 9. The smallest absolute Gasteiger partial charge is 0.224 e. The summed E-state index contributed by atoms with van der Waals surface area (Å²) in [6, 6.07) is 27.2. The summed E-state index contributed by atoms with van der Waals surface area (Å²) in [5.74, 6) is -0.0633. The molecule has 0 aliphatic carbocycles. The molecule has 3 aromatic carbocycles. The normalized spacial score (nSPS) is 11.6. The van der Waals surface area contributed by atoms with E-state index < -0.39 is 0 Å². The minimum absolute atomic E-state index is 0.00473. The second-order valence-corrected chi connectivity index (χ2v) is 7.70. The topological polar surface area (TPSA) is 71.1 Å². The molecule has 4 rings (SSSR count). The minimum atomic E-state index is -0.0633. The first-order chi connectivity index (χ1) is 15.7. The zero-order chi connectivity index (χ0) is 22.2. The van der Waals surface area contributed by atoms with Gasteiger partial charge in [0.2, 0.25) is 5.91 Å². The van der Waals surface area contributed by atoms with Crippen molar-refractivity contribution in [3.8, 4) is 0 Å². The summed E-state index contributed by atoms with van der Waals surface area (Å²) in [5, 5.41) is 7.46. The van der Waals surface area contributed by atoms with Gasteiger partial charge in [-0.2, -0.15) is 0 Å². The first-order valence-corrected chi connectivity index (χ1v) is 10.7. The molecule has 0 aliphatic heterocycles. The van der Waals surface area contributed by atoms with Crippen molar-refractivity contribution in [1.29, 1.82) is 0 Å². The third-order valence-electron chi connectivity index (χ3n) is 5.40. The molecule has 5 heteroatoms.